The lowest BCUT2D eigenvalue weighted by molar-refractivity contribution is -0.136. The maximum atomic E-state index is 13.0. The number of nitrogens with zero attached hydrogens (tertiary/aromatic N) is 4. The van der Waals surface area contributed by atoms with Gasteiger partial charge < -0.3 is 29.8 Å². The average molecular weight is 510 g/mol. The second kappa shape index (κ2) is 11.4. The molecular weight excluding hydrogens is 478 g/mol. The number of nitrogens with two attached hydrogens (primary N) is 1. The molecule has 4 N–H and O–H groups in total. The van der Waals surface area contributed by atoms with Gasteiger partial charge in [0, 0.05) is 30.6 Å². The van der Waals surface area contributed by atoms with E-state index in [1.165, 1.54) is 16.5 Å². The molecule has 2 amide bonds. The highest BCUT2D eigenvalue weighted by Gasteiger charge is 2.28. The van der Waals surface area contributed by atoms with E-state index < -0.39 is 0 Å². The van der Waals surface area contributed by atoms with Crippen molar-refractivity contribution in [3.05, 3.63) is 81.8 Å². The quantitative estimate of drug-likeness (QED) is 0.353. The van der Waals surface area contributed by atoms with Gasteiger partial charge in [-0.05, 0) is 43.5 Å². The summed E-state index contributed by atoms with van der Waals surface area (Å²) in [5, 5.41) is 2.86. The van der Waals surface area contributed by atoms with Crippen LogP contribution in [0, 0.1) is 13.8 Å². The lowest BCUT2D eigenvalue weighted by Gasteiger charge is -2.37. The lowest BCUT2D eigenvalue weighted by atomic mass is 10.1. The Kier molecular flexibility index (Phi) is 8.11. The summed E-state index contributed by atoms with van der Waals surface area (Å²) in [7, 11) is 0. The fourth-order valence-corrected chi connectivity index (χ4v) is 4.68. The van der Waals surface area contributed by atoms with Gasteiger partial charge in [0.2, 0.25) is 11.8 Å². The minimum absolute atomic E-state index is 0.0293. The molecule has 1 aliphatic rings. The molecule has 36 heavy (non-hydrogen) atoms. The molecule has 1 aliphatic heterocycles. The highest BCUT2D eigenvalue weighted by Crippen LogP contribution is 2.15. The van der Waals surface area contributed by atoms with E-state index in [2.05, 4.69) is 15.0 Å². The number of benzene rings is 1. The highest BCUT2D eigenvalue weighted by atomic mass is 32.2. The van der Waals surface area contributed by atoms with Crippen molar-refractivity contribution in [3.63, 3.8) is 0 Å². The summed E-state index contributed by atoms with van der Waals surface area (Å²) in [6.45, 7) is 4.99. The monoisotopic (exact) mass is 509 g/mol. The van der Waals surface area contributed by atoms with E-state index in [1.807, 2.05) is 43.3 Å². The Morgan fingerprint density at radius 3 is 2.58 bits per heavy atom. The Morgan fingerprint density at radius 2 is 1.86 bits per heavy atom. The molecule has 0 unspecified atom stereocenters. The number of imidazole rings is 1. The van der Waals surface area contributed by atoms with Crippen LogP contribution in [0.15, 0.2) is 53.6 Å². The number of nitrogens with one attached hydrogen (secondary N) is 2. The summed E-state index contributed by atoms with van der Waals surface area (Å²) < 4.78 is 6.30. The van der Waals surface area contributed by atoms with E-state index in [4.69, 9.17) is 5.73 Å². The number of pyridine rings is 1. The third-order valence-corrected chi connectivity index (χ3v) is 6.98. The number of aryl methyl sites for hydroxylation is 2. The number of hydrogen-bond donors (Lipinski definition) is 3. The second-order valence-electron chi connectivity index (χ2n) is 8.90. The number of aromatic nitrogens is 3. The van der Waals surface area contributed by atoms with Crippen LogP contribution in [0.5, 0.6) is 0 Å². The van der Waals surface area contributed by atoms with Gasteiger partial charge in [-0.3, -0.25) is 14.4 Å². The predicted molar refractivity (Wildman–Crippen MR) is 140 cm³/mol. The van der Waals surface area contributed by atoms with Crippen molar-refractivity contribution in [1.82, 2.24) is 24.3 Å². The van der Waals surface area contributed by atoms with E-state index >= 15 is 0 Å². The average Bonchev–Trinajstić information content (AvgIpc) is 3.19. The zero-order valence-corrected chi connectivity index (χ0v) is 21.3. The molecule has 1 saturated heterocycles. The summed E-state index contributed by atoms with van der Waals surface area (Å²) in [6, 6.07) is 13.5. The van der Waals surface area contributed by atoms with Gasteiger partial charge in [-0.2, -0.15) is 0 Å². The number of hydrogen-bond acceptors (Lipinski definition) is 7. The van der Waals surface area contributed by atoms with E-state index in [9.17, 15) is 14.4 Å². The lowest BCUT2D eigenvalue weighted by Crippen LogP contribution is -2.58. The Hall–Kier alpha value is -3.57. The maximum absolute atomic E-state index is 13.0. The van der Waals surface area contributed by atoms with Crippen LogP contribution in [0.1, 0.15) is 22.6 Å². The molecule has 0 bridgehead atoms. The number of anilines is 1. The Balaban J connectivity index is 1.34. The molecule has 11 heteroatoms. The van der Waals surface area contributed by atoms with E-state index in [-0.39, 0.29) is 43.0 Å². The summed E-state index contributed by atoms with van der Waals surface area (Å²) in [5.41, 5.74) is 9.25. The highest BCUT2D eigenvalue weighted by molar-refractivity contribution is 7.99. The second-order valence-corrected chi connectivity index (χ2v) is 9.68. The van der Waals surface area contributed by atoms with E-state index in [1.54, 1.807) is 28.8 Å². The van der Waals surface area contributed by atoms with Gasteiger partial charge in [-0.25, -0.2) is 4.98 Å². The van der Waals surface area contributed by atoms with Crippen LogP contribution in [-0.2, 0) is 35.0 Å². The van der Waals surface area contributed by atoms with Gasteiger partial charge in [-0.1, -0.05) is 30.3 Å². The molecule has 1 fully saturated rings. The van der Waals surface area contributed by atoms with Crippen LogP contribution in [0.3, 0.4) is 0 Å². The van der Waals surface area contributed by atoms with Crippen molar-refractivity contribution in [2.75, 3.05) is 17.8 Å². The first-order valence-electron chi connectivity index (χ1n) is 11.7. The van der Waals surface area contributed by atoms with Crippen LogP contribution in [0.4, 0.5) is 5.69 Å². The Morgan fingerprint density at radius 1 is 1.11 bits per heavy atom. The van der Waals surface area contributed by atoms with Crippen LogP contribution < -0.4 is 21.3 Å². The zero-order valence-electron chi connectivity index (χ0n) is 20.4. The zero-order chi connectivity index (χ0) is 25.7. The topological polar surface area (TPSA) is 127 Å². The maximum Gasteiger partial charge on any atom is 0.275 e. The van der Waals surface area contributed by atoms with Gasteiger partial charge in [0.25, 0.3) is 5.56 Å². The number of carbonyl (C=O) groups excluding carboxylic acids is 2. The van der Waals surface area contributed by atoms with Crippen LogP contribution in [-0.4, -0.2) is 50.0 Å². The van der Waals surface area contributed by atoms with Crippen molar-refractivity contribution >= 4 is 29.4 Å². The molecule has 10 nitrogen and oxygen atoms in total. The van der Waals surface area contributed by atoms with Crippen molar-refractivity contribution < 1.29 is 9.59 Å². The fourth-order valence-electron chi connectivity index (χ4n) is 3.93. The SMILES string of the molecule is Cc1ncn(CC(=O)N2CC(N)C2)c1CNC(=O)Cn1c(C)ccc(NSCc2ccccc2)c1=O. The van der Waals surface area contributed by atoms with Gasteiger partial charge in [-0.15, -0.1) is 0 Å². The van der Waals surface area contributed by atoms with E-state index in [0.29, 0.717) is 30.2 Å². The third kappa shape index (κ3) is 6.16. The molecule has 0 saturated carbocycles. The molecule has 3 heterocycles. The molecule has 2 aromatic heterocycles. The van der Waals surface area contributed by atoms with E-state index in [0.717, 1.165) is 17.0 Å². The third-order valence-electron chi connectivity index (χ3n) is 6.13. The molecule has 0 spiro atoms. The summed E-state index contributed by atoms with van der Waals surface area (Å²) in [5.74, 6) is 0.370. The molecule has 0 radical (unpaired) electrons. The molecule has 0 atom stereocenters. The van der Waals surface area contributed by atoms with Gasteiger partial charge in [0.15, 0.2) is 0 Å². The van der Waals surface area contributed by atoms with Crippen molar-refractivity contribution in [2.45, 2.75) is 45.3 Å². The standard InChI is InChI=1S/C25H31N7O3S/c1-17-8-9-21(29-36-15-19-6-4-3-5-7-19)25(35)32(17)13-23(33)27-10-22-18(2)28-16-31(22)14-24(34)30-11-20(26)12-30/h3-9,16,20,29H,10-15,26H2,1-2H3,(H,27,33). The molecule has 4 rings (SSSR count). The first-order chi connectivity index (χ1) is 17.3. The van der Waals surface area contributed by atoms with Gasteiger partial charge in [0.05, 0.1) is 24.3 Å². The van der Waals surface area contributed by atoms with Gasteiger partial charge in [0.1, 0.15) is 18.8 Å². The van der Waals surface area contributed by atoms with Crippen LogP contribution in [0.2, 0.25) is 0 Å². The molecule has 3 aromatic rings. The molecule has 0 aliphatic carbocycles. The number of amides is 2. The smallest absolute Gasteiger partial charge is 0.275 e. The number of rotatable bonds is 10. The van der Waals surface area contributed by atoms with Crippen molar-refractivity contribution in [1.29, 1.82) is 0 Å². The first kappa shape index (κ1) is 25.5. The minimum Gasteiger partial charge on any atom is -0.349 e. The summed E-state index contributed by atoms with van der Waals surface area (Å²) in [4.78, 5) is 44.2. The number of likely N-dealkylation sites (tertiary alicyclic amines) is 1. The molecule has 1 aromatic carbocycles. The Labute approximate surface area is 214 Å². The molecular formula is C25H31N7O3S. The normalized spacial score (nSPS) is 13.4. The van der Waals surface area contributed by atoms with Crippen molar-refractivity contribution in [2.24, 2.45) is 5.73 Å². The van der Waals surface area contributed by atoms with Crippen LogP contribution >= 0.6 is 11.9 Å². The first-order valence-corrected chi connectivity index (χ1v) is 12.7. The van der Waals surface area contributed by atoms with Crippen molar-refractivity contribution in [3.8, 4) is 0 Å². The summed E-state index contributed by atoms with van der Waals surface area (Å²) in [6.07, 6.45) is 1.60. The molecule has 190 valence electrons. The van der Waals surface area contributed by atoms with Crippen LogP contribution in [0.25, 0.3) is 0 Å². The fraction of sp³-hybridized carbons (Fsp3) is 0.360. The predicted octanol–water partition coefficient (Wildman–Crippen LogP) is 1.41. The minimum atomic E-state index is -0.304. The largest absolute Gasteiger partial charge is 0.349 e. The van der Waals surface area contributed by atoms with Gasteiger partial charge >= 0.3 is 0 Å². The number of carbonyl (C=O) groups is 2. The Bertz CT molecular complexity index is 1280. The summed E-state index contributed by atoms with van der Waals surface area (Å²) >= 11 is 1.42.